The minimum absolute atomic E-state index is 0.0806. The summed E-state index contributed by atoms with van der Waals surface area (Å²) in [5, 5.41) is 2.82. The Hall–Kier alpha value is -1.43. The third kappa shape index (κ3) is 1.80. The lowest BCUT2D eigenvalue weighted by Crippen LogP contribution is -2.39. The Morgan fingerprint density at radius 1 is 1.75 bits per heavy atom. The fraction of sp³-hybridized carbons (Fsp3) is 0.500. The highest BCUT2D eigenvalue weighted by atomic mass is 32.1. The van der Waals surface area contributed by atoms with Gasteiger partial charge in [-0.05, 0) is 12.8 Å². The third-order valence-corrected chi connectivity index (χ3v) is 3.38. The van der Waals surface area contributed by atoms with E-state index in [1.54, 1.807) is 6.20 Å². The van der Waals surface area contributed by atoms with E-state index in [0.717, 1.165) is 18.7 Å². The predicted molar refractivity (Wildman–Crippen MR) is 63.5 cm³/mol. The number of aromatic nitrogens is 2. The molecule has 1 aromatic heterocycles. The molecule has 16 heavy (non-hydrogen) atoms. The molecule has 0 saturated heterocycles. The first-order valence-corrected chi connectivity index (χ1v) is 5.51. The first kappa shape index (κ1) is 11.1. The van der Waals surface area contributed by atoms with Crippen LogP contribution in [0.2, 0.25) is 0 Å². The summed E-state index contributed by atoms with van der Waals surface area (Å²) in [7, 11) is 1.88. The van der Waals surface area contributed by atoms with Crippen molar-refractivity contribution in [1.29, 1.82) is 0 Å². The maximum absolute atomic E-state index is 11.9. The molecule has 5 nitrogen and oxygen atoms in total. The summed E-state index contributed by atoms with van der Waals surface area (Å²) < 4.78 is 1.86. The molecule has 0 aliphatic heterocycles. The SMILES string of the molecule is Cn1ccnc1CNC(=O)C1(C(N)=S)CC1. The molecule has 1 aliphatic carbocycles. The molecule has 86 valence electrons. The van der Waals surface area contributed by atoms with Gasteiger partial charge in [0.05, 0.1) is 16.9 Å². The maximum Gasteiger partial charge on any atom is 0.233 e. The second-order valence-corrected chi connectivity index (χ2v) is 4.52. The highest BCUT2D eigenvalue weighted by molar-refractivity contribution is 7.80. The second-order valence-electron chi connectivity index (χ2n) is 4.08. The van der Waals surface area contributed by atoms with Crippen LogP contribution in [0.4, 0.5) is 0 Å². The van der Waals surface area contributed by atoms with Crippen molar-refractivity contribution in [2.24, 2.45) is 18.2 Å². The van der Waals surface area contributed by atoms with E-state index in [0.29, 0.717) is 11.5 Å². The molecular weight excluding hydrogens is 224 g/mol. The standard InChI is InChI=1S/C10H14N4OS/c1-14-5-4-12-7(14)6-13-9(15)10(2-3-10)8(11)16/h4-5H,2-3,6H2,1H3,(H2,11,16)(H,13,15). The van der Waals surface area contributed by atoms with E-state index < -0.39 is 5.41 Å². The number of hydrogen-bond acceptors (Lipinski definition) is 3. The van der Waals surface area contributed by atoms with E-state index in [1.165, 1.54) is 0 Å². The number of carbonyl (C=O) groups excluding carboxylic acids is 1. The molecule has 1 aliphatic rings. The van der Waals surface area contributed by atoms with Crippen molar-refractivity contribution < 1.29 is 4.79 Å². The van der Waals surface area contributed by atoms with Crippen LogP contribution in [0.25, 0.3) is 0 Å². The minimum Gasteiger partial charge on any atom is -0.392 e. The van der Waals surface area contributed by atoms with Gasteiger partial charge in [0.15, 0.2) is 0 Å². The lowest BCUT2D eigenvalue weighted by atomic mass is 10.1. The van der Waals surface area contributed by atoms with Crippen molar-refractivity contribution in [1.82, 2.24) is 14.9 Å². The summed E-state index contributed by atoms with van der Waals surface area (Å²) in [6.45, 7) is 0.409. The van der Waals surface area contributed by atoms with E-state index in [4.69, 9.17) is 18.0 Å². The molecule has 0 radical (unpaired) electrons. The number of carbonyl (C=O) groups is 1. The number of imidazole rings is 1. The second kappa shape index (κ2) is 3.86. The fourth-order valence-corrected chi connectivity index (χ4v) is 1.90. The Labute approximate surface area is 99.0 Å². The van der Waals surface area contributed by atoms with Crippen LogP contribution in [0.5, 0.6) is 0 Å². The van der Waals surface area contributed by atoms with Crippen LogP contribution in [0.3, 0.4) is 0 Å². The minimum atomic E-state index is -0.583. The van der Waals surface area contributed by atoms with Crippen LogP contribution >= 0.6 is 12.2 Å². The summed E-state index contributed by atoms with van der Waals surface area (Å²) >= 11 is 4.91. The molecule has 6 heteroatoms. The number of thiocarbonyl (C=S) groups is 1. The van der Waals surface area contributed by atoms with Crippen molar-refractivity contribution in [3.8, 4) is 0 Å². The number of hydrogen-bond donors (Lipinski definition) is 2. The highest BCUT2D eigenvalue weighted by Gasteiger charge is 2.52. The molecule has 1 fully saturated rings. The summed E-state index contributed by atoms with van der Waals surface area (Å²) in [5.41, 5.74) is 4.98. The first-order valence-electron chi connectivity index (χ1n) is 5.11. The molecule has 1 amide bonds. The van der Waals surface area contributed by atoms with Crippen LogP contribution < -0.4 is 11.1 Å². The lowest BCUT2D eigenvalue weighted by molar-refractivity contribution is -0.124. The lowest BCUT2D eigenvalue weighted by Gasteiger charge is -2.13. The van der Waals surface area contributed by atoms with Crippen molar-refractivity contribution in [3.05, 3.63) is 18.2 Å². The summed E-state index contributed by atoms with van der Waals surface area (Å²) in [4.78, 5) is 16.3. The largest absolute Gasteiger partial charge is 0.392 e. The van der Waals surface area contributed by atoms with Gasteiger partial charge in [-0.15, -0.1) is 0 Å². The first-order chi connectivity index (χ1) is 7.56. The number of aryl methyl sites for hydroxylation is 1. The zero-order valence-corrected chi connectivity index (χ0v) is 9.88. The third-order valence-electron chi connectivity index (χ3n) is 2.98. The van der Waals surface area contributed by atoms with Gasteiger partial charge in [0.1, 0.15) is 5.82 Å². The molecule has 0 atom stereocenters. The molecule has 0 spiro atoms. The molecule has 1 heterocycles. The van der Waals surface area contributed by atoms with Crippen LogP contribution in [0, 0.1) is 5.41 Å². The molecule has 3 N–H and O–H groups in total. The zero-order chi connectivity index (χ0) is 11.8. The Balaban J connectivity index is 1.95. The van der Waals surface area contributed by atoms with Crippen LogP contribution in [0.15, 0.2) is 12.4 Å². The topological polar surface area (TPSA) is 72.9 Å². The van der Waals surface area contributed by atoms with Gasteiger partial charge < -0.3 is 15.6 Å². The Morgan fingerprint density at radius 3 is 2.88 bits per heavy atom. The number of nitrogens with zero attached hydrogens (tertiary/aromatic N) is 2. The predicted octanol–water partition coefficient (Wildman–Crippen LogP) is 0.103. The molecule has 0 bridgehead atoms. The van der Waals surface area contributed by atoms with Gasteiger partial charge in [-0.1, -0.05) is 12.2 Å². The molecule has 1 aromatic rings. The molecule has 0 unspecified atom stereocenters. The van der Waals surface area contributed by atoms with Crippen molar-refractivity contribution in [2.75, 3.05) is 0 Å². The monoisotopic (exact) mass is 238 g/mol. The number of nitrogens with one attached hydrogen (secondary N) is 1. The van der Waals surface area contributed by atoms with Gasteiger partial charge in [-0.25, -0.2) is 4.98 Å². The van der Waals surface area contributed by atoms with Gasteiger partial charge in [0.25, 0.3) is 0 Å². The van der Waals surface area contributed by atoms with Gasteiger partial charge in [-0.2, -0.15) is 0 Å². The molecular formula is C10H14N4OS. The van der Waals surface area contributed by atoms with Crippen molar-refractivity contribution in [3.63, 3.8) is 0 Å². The van der Waals surface area contributed by atoms with E-state index >= 15 is 0 Å². The van der Waals surface area contributed by atoms with Crippen LogP contribution in [-0.4, -0.2) is 20.4 Å². The van der Waals surface area contributed by atoms with Crippen molar-refractivity contribution in [2.45, 2.75) is 19.4 Å². The van der Waals surface area contributed by atoms with Gasteiger partial charge >= 0.3 is 0 Å². The van der Waals surface area contributed by atoms with E-state index in [2.05, 4.69) is 10.3 Å². The van der Waals surface area contributed by atoms with Crippen LogP contribution in [0.1, 0.15) is 18.7 Å². The van der Waals surface area contributed by atoms with E-state index in [9.17, 15) is 4.79 Å². The normalized spacial score (nSPS) is 16.8. The number of nitrogens with two attached hydrogens (primary N) is 1. The zero-order valence-electron chi connectivity index (χ0n) is 9.06. The summed E-state index contributed by atoms with van der Waals surface area (Å²) in [6, 6.07) is 0. The summed E-state index contributed by atoms with van der Waals surface area (Å²) in [5.74, 6) is 0.732. The van der Waals surface area contributed by atoms with Crippen molar-refractivity contribution >= 4 is 23.1 Å². The van der Waals surface area contributed by atoms with E-state index in [1.807, 2.05) is 17.8 Å². The molecule has 1 saturated carbocycles. The maximum atomic E-state index is 11.9. The molecule has 0 aromatic carbocycles. The Morgan fingerprint density at radius 2 is 2.44 bits per heavy atom. The average molecular weight is 238 g/mol. The molecule has 2 rings (SSSR count). The smallest absolute Gasteiger partial charge is 0.233 e. The highest BCUT2D eigenvalue weighted by Crippen LogP contribution is 2.46. The quantitative estimate of drug-likeness (QED) is 0.730. The van der Waals surface area contributed by atoms with Crippen LogP contribution in [-0.2, 0) is 18.4 Å². The summed E-state index contributed by atoms with van der Waals surface area (Å²) in [6.07, 6.45) is 5.05. The average Bonchev–Trinajstić information content (AvgIpc) is 2.95. The number of rotatable bonds is 4. The van der Waals surface area contributed by atoms with Gasteiger partial charge in [-0.3, -0.25) is 4.79 Å². The Kier molecular flexibility index (Phi) is 2.67. The van der Waals surface area contributed by atoms with E-state index in [-0.39, 0.29) is 5.91 Å². The van der Waals surface area contributed by atoms with Gasteiger partial charge in [0, 0.05) is 19.4 Å². The number of amides is 1. The van der Waals surface area contributed by atoms with Gasteiger partial charge in [0.2, 0.25) is 5.91 Å². The fourth-order valence-electron chi connectivity index (χ4n) is 1.61. The Bertz CT molecular complexity index is 436.